The molecule has 1 fully saturated rings. The number of hydrogen-bond donors (Lipinski definition) is 2. The second-order valence-corrected chi connectivity index (χ2v) is 5.93. The van der Waals surface area contributed by atoms with Crippen molar-refractivity contribution in [3.8, 4) is 5.69 Å². The Hall–Kier alpha value is -2.29. The molecule has 2 N–H and O–H groups in total. The van der Waals surface area contributed by atoms with Gasteiger partial charge in [0, 0.05) is 6.54 Å². The lowest BCUT2D eigenvalue weighted by Crippen LogP contribution is -2.47. The maximum absolute atomic E-state index is 12.3. The molecule has 0 spiro atoms. The summed E-state index contributed by atoms with van der Waals surface area (Å²) in [5.74, 6) is -1.15. The molecule has 0 radical (unpaired) electrons. The number of carbonyl (C=O) groups excluding carboxylic acids is 1. The van der Waals surface area contributed by atoms with Gasteiger partial charge in [-0.15, -0.1) is 16.4 Å². The fraction of sp³-hybridized carbons (Fsp3) is 0.417. The van der Waals surface area contributed by atoms with Crippen molar-refractivity contribution in [1.29, 1.82) is 0 Å². The van der Waals surface area contributed by atoms with Crippen molar-refractivity contribution >= 4 is 23.2 Å². The van der Waals surface area contributed by atoms with E-state index in [0.717, 1.165) is 6.42 Å². The van der Waals surface area contributed by atoms with Gasteiger partial charge in [-0.1, -0.05) is 6.42 Å². The van der Waals surface area contributed by atoms with Gasteiger partial charge in [-0.2, -0.15) is 4.68 Å². The molecule has 3 rings (SSSR count). The maximum Gasteiger partial charge on any atom is 0.311 e. The van der Waals surface area contributed by atoms with Crippen LogP contribution in [-0.4, -0.2) is 43.7 Å². The van der Waals surface area contributed by atoms with Crippen LogP contribution in [0.25, 0.3) is 5.69 Å². The van der Waals surface area contributed by atoms with Crippen molar-refractivity contribution in [3.63, 3.8) is 0 Å². The quantitative estimate of drug-likeness (QED) is 0.841. The third-order valence-electron chi connectivity index (χ3n) is 3.80. The van der Waals surface area contributed by atoms with E-state index in [4.69, 9.17) is 0 Å². The number of aromatic nitrogens is 4. The fourth-order valence-electron chi connectivity index (χ4n) is 2.32. The Morgan fingerprint density at radius 3 is 2.86 bits per heavy atom. The third-order valence-corrected chi connectivity index (χ3v) is 4.70. The normalized spacial score (nSPS) is 16.2. The summed E-state index contributed by atoms with van der Waals surface area (Å²) < 4.78 is 1.40. The summed E-state index contributed by atoms with van der Waals surface area (Å²) in [5, 5.41) is 24.6. The Morgan fingerprint density at radius 2 is 2.29 bits per heavy atom. The molecule has 0 bridgehead atoms. The van der Waals surface area contributed by atoms with Crippen molar-refractivity contribution in [2.45, 2.75) is 19.3 Å². The fourth-order valence-corrected chi connectivity index (χ4v) is 3.12. The molecule has 1 aliphatic rings. The molecule has 0 atom stereocenters. The van der Waals surface area contributed by atoms with Crippen molar-refractivity contribution in [3.05, 3.63) is 22.7 Å². The van der Waals surface area contributed by atoms with Crippen LogP contribution in [0.4, 0.5) is 0 Å². The zero-order valence-corrected chi connectivity index (χ0v) is 11.8. The molecule has 0 saturated heterocycles. The van der Waals surface area contributed by atoms with Gasteiger partial charge in [0.2, 0.25) is 0 Å². The van der Waals surface area contributed by atoms with E-state index in [0.29, 0.717) is 23.4 Å². The molecule has 0 aromatic carbocycles. The molecule has 1 amide bonds. The molecule has 110 valence electrons. The largest absolute Gasteiger partial charge is 0.481 e. The highest BCUT2D eigenvalue weighted by molar-refractivity contribution is 7.12. The van der Waals surface area contributed by atoms with Crippen LogP contribution in [0, 0.1) is 5.41 Å². The van der Waals surface area contributed by atoms with E-state index in [1.807, 2.05) is 0 Å². The minimum atomic E-state index is -0.846. The number of tetrazole rings is 1. The Bertz CT molecular complexity index is 662. The van der Waals surface area contributed by atoms with Crippen LogP contribution in [0.15, 0.2) is 17.8 Å². The predicted octanol–water partition coefficient (Wildman–Crippen LogP) is 0.708. The molecule has 0 unspecified atom stereocenters. The number of nitrogens with zero attached hydrogens (tertiary/aromatic N) is 4. The summed E-state index contributed by atoms with van der Waals surface area (Å²) in [7, 11) is 0. The van der Waals surface area contributed by atoms with Gasteiger partial charge in [0.1, 0.15) is 11.2 Å². The standard InChI is InChI=1S/C12H13N5O3S/c18-10(13-6-12(11(19)20)3-1-4-12)9-8(2-5-21-9)17-7-14-15-16-17/h2,5,7H,1,3-4,6H2,(H,13,18)(H,19,20). The molecule has 2 aromatic heterocycles. The van der Waals surface area contributed by atoms with Gasteiger partial charge in [-0.25, -0.2) is 0 Å². The van der Waals surface area contributed by atoms with Crippen molar-refractivity contribution in [2.75, 3.05) is 6.54 Å². The first-order valence-electron chi connectivity index (χ1n) is 6.45. The number of nitrogens with one attached hydrogen (secondary N) is 1. The number of amides is 1. The van der Waals surface area contributed by atoms with E-state index in [9.17, 15) is 14.7 Å². The highest BCUT2D eigenvalue weighted by atomic mass is 32.1. The molecular weight excluding hydrogens is 294 g/mol. The number of rotatable bonds is 5. The van der Waals surface area contributed by atoms with E-state index >= 15 is 0 Å². The minimum Gasteiger partial charge on any atom is -0.481 e. The first-order valence-corrected chi connectivity index (χ1v) is 7.33. The number of carbonyl (C=O) groups is 2. The van der Waals surface area contributed by atoms with Crippen LogP contribution in [0.5, 0.6) is 0 Å². The van der Waals surface area contributed by atoms with Gasteiger partial charge in [0.05, 0.1) is 11.1 Å². The second-order valence-electron chi connectivity index (χ2n) is 5.01. The van der Waals surface area contributed by atoms with Crippen LogP contribution in [0.3, 0.4) is 0 Å². The summed E-state index contributed by atoms with van der Waals surface area (Å²) in [6.07, 6.45) is 3.50. The lowest BCUT2D eigenvalue weighted by molar-refractivity contribution is -0.153. The second kappa shape index (κ2) is 5.24. The molecule has 21 heavy (non-hydrogen) atoms. The van der Waals surface area contributed by atoms with Crippen LogP contribution >= 0.6 is 11.3 Å². The van der Waals surface area contributed by atoms with E-state index in [2.05, 4.69) is 20.8 Å². The Labute approximate surface area is 123 Å². The summed E-state index contributed by atoms with van der Waals surface area (Å²) in [5.41, 5.74) is -0.220. The number of hydrogen-bond acceptors (Lipinski definition) is 6. The first kappa shape index (κ1) is 13.7. The van der Waals surface area contributed by atoms with Crippen molar-refractivity contribution < 1.29 is 14.7 Å². The molecule has 0 aliphatic heterocycles. The monoisotopic (exact) mass is 307 g/mol. The Balaban J connectivity index is 1.72. The van der Waals surface area contributed by atoms with Gasteiger partial charge >= 0.3 is 5.97 Å². The number of aliphatic carboxylic acids is 1. The van der Waals surface area contributed by atoms with Crippen LogP contribution in [-0.2, 0) is 4.79 Å². The third kappa shape index (κ3) is 2.40. The van der Waals surface area contributed by atoms with Gasteiger partial charge in [0.25, 0.3) is 5.91 Å². The molecule has 9 heteroatoms. The zero-order valence-electron chi connectivity index (χ0n) is 11.0. The minimum absolute atomic E-state index is 0.147. The highest BCUT2D eigenvalue weighted by Crippen LogP contribution is 2.40. The van der Waals surface area contributed by atoms with Gasteiger partial charge in [-0.05, 0) is 34.7 Å². The van der Waals surface area contributed by atoms with Crippen LogP contribution in [0.2, 0.25) is 0 Å². The average molecular weight is 307 g/mol. The summed E-state index contributed by atoms with van der Waals surface area (Å²) in [6.45, 7) is 0.147. The topological polar surface area (TPSA) is 110 Å². The lowest BCUT2D eigenvalue weighted by atomic mass is 9.69. The Kier molecular flexibility index (Phi) is 3.42. The van der Waals surface area contributed by atoms with Crippen LogP contribution in [0.1, 0.15) is 28.9 Å². The molecule has 2 heterocycles. The van der Waals surface area contributed by atoms with Gasteiger partial charge in [-0.3, -0.25) is 9.59 Å². The SMILES string of the molecule is O=C(NCC1(C(=O)O)CCC1)c1sccc1-n1cnnn1. The van der Waals surface area contributed by atoms with Crippen molar-refractivity contribution in [2.24, 2.45) is 5.41 Å². The van der Waals surface area contributed by atoms with Crippen LogP contribution < -0.4 is 5.32 Å². The van der Waals surface area contributed by atoms with E-state index in [1.165, 1.54) is 22.3 Å². The van der Waals surface area contributed by atoms with E-state index in [-0.39, 0.29) is 12.5 Å². The molecule has 8 nitrogen and oxygen atoms in total. The highest BCUT2D eigenvalue weighted by Gasteiger charge is 2.44. The number of carboxylic acids is 1. The number of thiophene rings is 1. The smallest absolute Gasteiger partial charge is 0.311 e. The molecular formula is C12H13N5O3S. The molecule has 2 aromatic rings. The first-order chi connectivity index (χ1) is 10.1. The predicted molar refractivity (Wildman–Crippen MR) is 73.3 cm³/mol. The number of carboxylic acid groups (broad SMARTS) is 1. The van der Waals surface area contributed by atoms with Gasteiger partial charge < -0.3 is 10.4 Å². The summed E-state index contributed by atoms with van der Waals surface area (Å²) in [4.78, 5) is 24.0. The van der Waals surface area contributed by atoms with Gasteiger partial charge in [0.15, 0.2) is 0 Å². The lowest BCUT2D eigenvalue weighted by Gasteiger charge is -2.37. The zero-order chi connectivity index (χ0) is 14.9. The summed E-state index contributed by atoms with van der Waals surface area (Å²) >= 11 is 1.26. The maximum atomic E-state index is 12.3. The summed E-state index contributed by atoms with van der Waals surface area (Å²) in [6, 6.07) is 1.74. The molecule has 1 saturated carbocycles. The molecule has 1 aliphatic carbocycles. The average Bonchev–Trinajstić information content (AvgIpc) is 3.07. The van der Waals surface area contributed by atoms with Crippen molar-refractivity contribution in [1.82, 2.24) is 25.5 Å². The van der Waals surface area contributed by atoms with E-state index in [1.54, 1.807) is 11.4 Å². The Morgan fingerprint density at radius 1 is 1.48 bits per heavy atom. The van der Waals surface area contributed by atoms with E-state index < -0.39 is 11.4 Å².